The number of anilines is 1. The van der Waals surface area contributed by atoms with Crippen LogP contribution in [0.3, 0.4) is 0 Å². The second kappa shape index (κ2) is 7.57. The van der Waals surface area contributed by atoms with Crippen LogP contribution in [0.5, 0.6) is 0 Å². The Morgan fingerprint density at radius 1 is 1.23 bits per heavy atom. The van der Waals surface area contributed by atoms with Crippen molar-refractivity contribution in [3.8, 4) is 6.07 Å². The number of nitrogens with zero attached hydrogens (tertiary/aromatic N) is 3. The van der Waals surface area contributed by atoms with Crippen LogP contribution in [-0.4, -0.2) is 37.2 Å². The molecule has 0 spiro atoms. The van der Waals surface area contributed by atoms with Gasteiger partial charge in [0.1, 0.15) is 11.7 Å². The van der Waals surface area contributed by atoms with Crippen molar-refractivity contribution in [2.75, 3.05) is 17.7 Å². The first-order valence-corrected chi connectivity index (χ1v) is 11.2. The van der Waals surface area contributed by atoms with E-state index in [1.807, 2.05) is 18.0 Å². The number of H-pyrrole nitrogens is 1. The van der Waals surface area contributed by atoms with Crippen molar-refractivity contribution in [2.24, 2.45) is 5.92 Å². The number of halogens is 3. The highest BCUT2D eigenvalue weighted by atomic mass is 32.2. The summed E-state index contributed by atoms with van der Waals surface area (Å²) in [7, 11) is -1.82. The Morgan fingerprint density at radius 3 is 2.52 bits per heavy atom. The van der Waals surface area contributed by atoms with Gasteiger partial charge in [-0.3, -0.25) is 0 Å². The largest absolute Gasteiger partial charge is 0.416 e. The van der Waals surface area contributed by atoms with Crippen LogP contribution in [0.2, 0.25) is 0 Å². The van der Waals surface area contributed by atoms with Gasteiger partial charge in [-0.1, -0.05) is 0 Å². The van der Waals surface area contributed by atoms with E-state index in [4.69, 9.17) is 0 Å². The minimum Gasteiger partial charge on any atom is -0.370 e. The van der Waals surface area contributed by atoms with Crippen molar-refractivity contribution in [3.63, 3.8) is 0 Å². The molecule has 2 aromatic heterocycles. The summed E-state index contributed by atoms with van der Waals surface area (Å²) in [6.45, 7) is 0. The van der Waals surface area contributed by atoms with E-state index in [-0.39, 0.29) is 22.6 Å². The van der Waals surface area contributed by atoms with Crippen molar-refractivity contribution < 1.29 is 21.6 Å². The second-order valence-corrected chi connectivity index (χ2v) is 9.81. The Morgan fingerprint density at radius 2 is 1.90 bits per heavy atom. The smallest absolute Gasteiger partial charge is 0.370 e. The molecule has 1 aliphatic rings. The zero-order valence-electron chi connectivity index (χ0n) is 16.5. The molecule has 0 bridgehead atoms. The fourth-order valence-corrected chi connectivity index (χ4v) is 5.68. The predicted octanol–water partition coefficient (Wildman–Crippen LogP) is 4.14. The third kappa shape index (κ3) is 3.97. The maximum absolute atomic E-state index is 12.7. The maximum Gasteiger partial charge on any atom is 0.416 e. The molecule has 1 aromatic carbocycles. The third-order valence-corrected chi connectivity index (χ3v) is 7.69. The summed E-state index contributed by atoms with van der Waals surface area (Å²) in [6.07, 6.45) is -0.0363. The normalized spacial score (nSPS) is 19.1. The van der Waals surface area contributed by atoms with Crippen molar-refractivity contribution in [1.82, 2.24) is 9.97 Å². The van der Waals surface area contributed by atoms with Gasteiger partial charge < -0.3 is 9.88 Å². The van der Waals surface area contributed by atoms with Gasteiger partial charge in [-0.05, 0) is 49.1 Å². The molecule has 3 aromatic rings. The number of aromatic amines is 1. The van der Waals surface area contributed by atoms with E-state index < -0.39 is 21.6 Å². The molecule has 2 heterocycles. The van der Waals surface area contributed by atoms with E-state index in [1.54, 1.807) is 6.20 Å². The average Bonchev–Trinajstić information content (AvgIpc) is 3.17. The molecule has 162 valence electrons. The number of rotatable bonds is 5. The first-order chi connectivity index (χ1) is 14.6. The highest BCUT2D eigenvalue weighted by molar-refractivity contribution is 7.91. The fraction of sp³-hybridized carbons (Fsp3) is 0.333. The number of benzene rings is 1. The molecule has 4 rings (SSSR count). The molecule has 31 heavy (non-hydrogen) atoms. The second-order valence-electron chi connectivity index (χ2n) is 7.78. The molecule has 1 saturated carbocycles. The molecule has 0 amide bonds. The molecular weight excluding hydrogens is 429 g/mol. The van der Waals surface area contributed by atoms with Crippen LogP contribution in [-0.2, 0) is 16.0 Å². The number of fused-ring (bicyclic) bond motifs is 1. The number of pyridine rings is 1. The van der Waals surface area contributed by atoms with E-state index in [9.17, 15) is 26.9 Å². The minimum atomic E-state index is -4.51. The summed E-state index contributed by atoms with van der Waals surface area (Å²) >= 11 is 0. The summed E-state index contributed by atoms with van der Waals surface area (Å²) < 4.78 is 63.4. The highest BCUT2D eigenvalue weighted by Gasteiger charge is 2.37. The van der Waals surface area contributed by atoms with Crippen molar-refractivity contribution in [2.45, 2.75) is 30.0 Å². The highest BCUT2D eigenvalue weighted by Crippen LogP contribution is 2.39. The predicted molar refractivity (Wildman–Crippen MR) is 109 cm³/mol. The van der Waals surface area contributed by atoms with Crippen molar-refractivity contribution in [1.29, 1.82) is 5.26 Å². The van der Waals surface area contributed by atoms with E-state index in [1.165, 1.54) is 6.20 Å². The van der Waals surface area contributed by atoms with Crippen LogP contribution in [0.25, 0.3) is 11.0 Å². The van der Waals surface area contributed by atoms with Crippen LogP contribution in [0.4, 0.5) is 18.9 Å². The average molecular weight is 448 g/mol. The molecule has 0 unspecified atom stereocenters. The topological polar surface area (TPSA) is 89.8 Å². The summed E-state index contributed by atoms with van der Waals surface area (Å²) in [4.78, 5) is 9.12. The zero-order chi connectivity index (χ0) is 22.4. The Kier molecular flexibility index (Phi) is 5.17. The summed E-state index contributed by atoms with van der Waals surface area (Å²) in [5, 5.41) is 10.3. The first-order valence-electron chi connectivity index (χ1n) is 9.59. The van der Waals surface area contributed by atoms with E-state index in [0.29, 0.717) is 24.1 Å². The number of nitrogens with one attached hydrogen (secondary N) is 1. The van der Waals surface area contributed by atoms with Gasteiger partial charge in [-0.15, -0.1) is 0 Å². The molecule has 0 saturated heterocycles. The summed E-state index contributed by atoms with van der Waals surface area (Å²) in [6, 6.07) is 7.66. The molecule has 10 heteroatoms. The number of nitriles is 1. The fourth-order valence-electron chi connectivity index (χ4n) is 4.05. The first kappa shape index (κ1) is 21.2. The van der Waals surface area contributed by atoms with E-state index >= 15 is 0 Å². The standard InChI is InChI=1S/C21H19F3N4O2S/c1-28(19-14(10-25)11-27-20-18(19)6-7-26-20)16-8-13(9-16)12-31(29,30)17-4-2-15(3-5-17)21(22,23)24/h2-7,11,13,16H,8-9,12H2,1H3,(H,26,27). The zero-order valence-corrected chi connectivity index (χ0v) is 17.3. The minimum absolute atomic E-state index is 0.0559. The van der Waals surface area contributed by atoms with Gasteiger partial charge in [0, 0.05) is 30.9 Å². The third-order valence-electron chi connectivity index (χ3n) is 5.79. The lowest BCUT2D eigenvalue weighted by atomic mass is 9.80. The summed E-state index contributed by atoms with van der Waals surface area (Å²) in [5.74, 6) is -0.224. The number of hydrogen-bond acceptors (Lipinski definition) is 5. The van der Waals surface area contributed by atoms with Gasteiger partial charge in [0.25, 0.3) is 0 Å². The van der Waals surface area contributed by atoms with Gasteiger partial charge in [0.2, 0.25) is 0 Å². The molecular formula is C21H19F3N4O2S. The molecule has 0 atom stereocenters. The van der Waals surface area contributed by atoms with Gasteiger partial charge in [0.05, 0.1) is 27.5 Å². The number of hydrogen-bond donors (Lipinski definition) is 1. The quantitative estimate of drug-likeness (QED) is 0.634. The van der Waals surface area contributed by atoms with Crippen LogP contribution in [0, 0.1) is 17.2 Å². The van der Waals surface area contributed by atoms with Crippen LogP contribution in [0.1, 0.15) is 24.0 Å². The van der Waals surface area contributed by atoms with Gasteiger partial charge in [-0.25, -0.2) is 13.4 Å². The van der Waals surface area contributed by atoms with E-state index in [2.05, 4.69) is 16.0 Å². The maximum atomic E-state index is 12.7. The van der Waals surface area contributed by atoms with Gasteiger partial charge in [0.15, 0.2) is 9.84 Å². The Bertz CT molecular complexity index is 1250. The van der Waals surface area contributed by atoms with E-state index in [0.717, 1.165) is 35.3 Å². The SMILES string of the molecule is CN(c1c(C#N)cnc2[nH]ccc12)C1CC(CS(=O)(=O)c2ccc(C(F)(F)F)cc2)C1. The lowest BCUT2D eigenvalue weighted by Crippen LogP contribution is -2.45. The number of sulfone groups is 1. The molecule has 0 aliphatic heterocycles. The Hall–Kier alpha value is -3.06. The van der Waals surface area contributed by atoms with Crippen LogP contribution >= 0.6 is 0 Å². The Balaban J connectivity index is 1.45. The Labute approximate surface area is 177 Å². The molecule has 1 aliphatic carbocycles. The number of aromatic nitrogens is 2. The monoisotopic (exact) mass is 448 g/mol. The number of alkyl halides is 3. The molecule has 1 N–H and O–H groups in total. The molecule has 0 radical (unpaired) electrons. The van der Waals surface area contributed by atoms with Crippen molar-refractivity contribution >= 4 is 26.6 Å². The van der Waals surface area contributed by atoms with Crippen LogP contribution in [0.15, 0.2) is 47.6 Å². The molecule has 6 nitrogen and oxygen atoms in total. The van der Waals surface area contributed by atoms with Crippen LogP contribution < -0.4 is 4.90 Å². The van der Waals surface area contributed by atoms with Gasteiger partial charge >= 0.3 is 6.18 Å². The van der Waals surface area contributed by atoms with Crippen molar-refractivity contribution in [3.05, 3.63) is 53.9 Å². The molecule has 1 fully saturated rings. The lowest BCUT2D eigenvalue weighted by Gasteiger charge is -2.42. The lowest BCUT2D eigenvalue weighted by molar-refractivity contribution is -0.137. The van der Waals surface area contributed by atoms with Gasteiger partial charge in [-0.2, -0.15) is 18.4 Å². The summed E-state index contributed by atoms with van der Waals surface area (Å²) in [5.41, 5.74) is 0.985.